The number of para-hydroxylation sites is 1. The minimum atomic E-state index is -3.95. The monoisotopic (exact) mass is 415 g/mol. The summed E-state index contributed by atoms with van der Waals surface area (Å²) in [6.07, 6.45) is 0. The first-order valence-electron chi connectivity index (χ1n) is 8.08. The number of likely N-dealkylation sites (N-methyl/N-ethyl adjacent to an activating group) is 1. The molecule has 3 N–H and O–H groups in total. The van der Waals surface area contributed by atoms with E-state index < -0.39 is 15.8 Å². The number of rotatable bonds is 7. The molecule has 2 aromatic carbocycles. The van der Waals surface area contributed by atoms with Crippen molar-refractivity contribution in [3.05, 3.63) is 59.4 Å². The van der Waals surface area contributed by atoms with Gasteiger partial charge in [-0.3, -0.25) is 9.52 Å². The molecule has 0 aliphatic rings. The molecule has 0 aliphatic heterocycles. The van der Waals surface area contributed by atoms with Crippen LogP contribution in [0, 0.1) is 12.7 Å². The Labute approximate surface area is 165 Å². The van der Waals surface area contributed by atoms with Gasteiger partial charge in [0.25, 0.3) is 15.9 Å². The first-order valence-corrected chi connectivity index (χ1v) is 9.56. The number of benzene rings is 2. The van der Waals surface area contributed by atoms with Crippen LogP contribution in [0.3, 0.4) is 0 Å². The van der Waals surface area contributed by atoms with Gasteiger partial charge in [-0.15, -0.1) is 12.4 Å². The molecule has 0 spiro atoms. The average molecular weight is 416 g/mol. The first-order chi connectivity index (χ1) is 12.2. The standard InChI is InChI=1S/C18H22FN3O3S.ClH/c1-12-10-14(8-9-16(12)19)26(24,25)22-17-7-5-4-6-15(17)18(23)21-11-13(2)20-3;/h4-10,13,20,22H,11H2,1-3H3,(H,21,23);1H. The zero-order chi connectivity index (χ0) is 19.3. The molecule has 6 nitrogen and oxygen atoms in total. The lowest BCUT2D eigenvalue weighted by molar-refractivity contribution is 0.0951. The SMILES string of the molecule is CNC(C)CNC(=O)c1ccccc1NS(=O)(=O)c1ccc(F)c(C)c1.Cl. The first kappa shape index (κ1) is 22.9. The number of carbonyl (C=O) groups excluding carboxylic acids is 1. The van der Waals surface area contributed by atoms with E-state index in [1.54, 1.807) is 19.2 Å². The highest BCUT2D eigenvalue weighted by molar-refractivity contribution is 7.92. The molecular weight excluding hydrogens is 393 g/mol. The summed E-state index contributed by atoms with van der Waals surface area (Å²) in [5.41, 5.74) is 0.585. The van der Waals surface area contributed by atoms with Crippen LogP contribution < -0.4 is 15.4 Å². The summed E-state index contributed by atoms with van der Waals surface area (Å²) < 4.78 is 40.9. The van der Waals surface area contributed by atoms with Gasteiger partial charge in [-0.1, -0.05) is 12.1 Å². The van der Waals surface area contributed by atoms with Gasteiger partial charge < -0.3 is 10.6 Å². The molecule has 2 aromatic rings. The van der Waals surface area contributed by atoms with Gasteiger partial charge in [0.2, 0.25) is 0 Å². The lowest BCUT2D eigenvalue weighted by Crippen LogP contribution is -2.37. The molecule has 9 heteroatoms. The van der Waals surface area contributed by atoms with Crippen molar-refractivity contribution < 1.29 is 17.6 Å². The Kier molecular flexibility index (Phi) is 8.20. The Balaban J connectivity index is 0.00000364. The van der Waals surface area contributed by atoms with Crippen molar-refractivity contribution in [1.82, 2.24) is 10.6 Å². The van der Waals surface area contributed by atoms with Gasteiger partial charge in [-0.2, -0.15) is 0 Å². The zero-order valence-electron chi connectivity index (χ0n) is 15.2. The quantitative estimate of drug-likeness (QED) is 0.648. The van der Waals surface area contributed by atoms with Gasteiger partial charge in [0, 0.05) is 12.6 Å². The molecule has 2 rings (SSSR count). The van der Waals surface area contributed by atoms with E-state index in [2.05, 4.69) is 15.4 Å². The van der Waals surface area contributed by atoms with E-state index in [0.29, 0.717) is 6.54 Å². The maximum atomic E-state index is 13.4. The molecule has 0 bridgehead atoms. The second-order valence-corrected chi connectivity index (χ2v) is 7.64. The van der Waals surface area contributed by atoms with Gasteiger partial charge in [0.05, 0.1) is 16.1 Å². The largest absolute Gasteiger partial charge is 0.350 e. The summed E-state index contributed by atoms with van der Waals surface area (Å²) in [5, 5.41) is 5.75. The zero-order valence-corrected chi connectivity index (χ0v) is 16.9. The third kappa shape index (κ3) is 5.92. The second-order valence-electron chi connectivity index (χ2n) is 5.96. The van der Waals surface area contributed by atoms with Crippen molar-refractivity contribution in [2.45, 2.75) is 24.8 Å². The predicted octanol–water partition coefficient (Wildman–Crippen LogP) is 2.69. The van der Waals surface area contributed by atoms with Gasteiger partial charge in [-0.05, 0) is 56.8 Å². The fourth-order valence-electron chi connectivity index (χ4n) is 2.20. The van der Waals surface area contributed by atoms with Crippen LogP contribution in [0.2, 0.25) is 0 Å². The van der Waals surface area contributed by atoms with Crippen molar-refractivity contribution in [2.75, 3.05) is 18.3 Å². The minimum absolute atomic E-state index is 0. The molecule has 0 heterocycles. The fourth-order valence-corrected chi connectivity index (χ4v) is 3.37. The van der Waals surface area contributed by atoms with Crippen molar-refractivity contribution >= 4 is 34.0 Å². The smallest absolute Gasteiger partial charge is 0.261 e. The van der Waals surface area contributed by atoms with Gasteiger partial charge >= 0.3 is 0 Å². The van der Waals surface area contributed by atoms with Crippen molar-refractivity contribution in [1.29, 1.82) is 0 Å². The van der Waals surface area contributed by atoms with E-state index in [4.69, 9.17) is 0 Å². The Morgan fingerprint density at radius 2 is 1.85 bits per heavy atom. The molecule has 148 valence electrons. The van der Waals surface area contributed by atoms with Gasteiger partial charge in [-0.25, -0.2) is 12.8 Å². The van der Waals surface area contributed by atoms with Crippen LogP contribution in [0.15, 0.2) is 47.4 Å². The average Bonchev–Trinajstić information content (AvgIpc) is 2.61. The molecule has 1 atom stereocenters. The summed E-state index contributed by atoms with van der Waals surface area (Å²) in [6.45, 7) is 3.79. The lowest BCUT2D eigenvalue weighted by atomic mass is 10.1. The molecule has 1 unspecified atom stereocenters. The molecular formula is C18H23ClFN3O3S. The molecule has 0 fully saturated rings. The van der Waals surface area contributed by atoms with Gasteiger partial charge in [0.1, 0.15) is 5.82 Å². The molecule has 1 amide bonds. The minimum Gasteiger partial charge on any atom is -0.350 e. The summed E-state index contributed by atoms with van der Waals surface area (Å²) in [4.78, 5) is 12.3. The highest BCUT2D eigenvalue weighted by Gasteiger charge is 2.19. The van der Waals surface area contributed by atoms with Crippen LogP contribution in [0.25, 0.3) is 0 Å². The Hall–Kier alpha value is -2.16. The normalized spacial score (nSPS) is 12.0. The van der Waals surface area contributed by atoms with Crippen LogP contribution in [-0.4, -0.2) is 34.0 Å². The van der Waals surface area contributed by atoms with E-state index in [1.165, 1.54) is 31.2 Å². The van der Waals surface area contributed by atoms with Crippen molar-refractivity contribution in [2.24, 2.45) is 0 Å². The van der Waals surface area contributed by atoms with Crippen molar-refractivity contribution in [3.8, 4) is 0 Å². The number of amides is 1. The van der Waals surface area contributed by atoms with E-state index in [0.717, 1.165) is 6.07 Å². The fraction of sp³-hybridized carbons (Fsp3) is 0.278. The highest BCUT2D eigenvalue weighted by Crippen LogP contribution is 2.21. The molecule has 0 aromatic heterocycles. The Bertz CT molecular complexity index is 906. The third-order valence-electron chi connectivity index (χ3n) is 3.92. The molecule has 27 heavy (non-hydrogen) atoms. The van der Waals surface area contributed by atoms with E-state index in [9.17, 15) is 17.6 Å². The Morgan fingerprint density at radius 3 is 2.48 bits per heavy atom. The predicted molar refractivity (Wildman–Crippen MR) is 106 cm³/mol. The van der Waals surface area contributed by atoms with Crippen LogP contribution in [0.5, 0.6) is 0 Å². The summed E-state index contributed by atoms with van der Waals surface area (Å²) >= 11 is 0. The van der Waals surface area contributed by atoms with Crippen LogP contribution >= 0.6 is 12.4 Å². The summed E-state index contributed by atoms with van der Waals surface area (Å²) in [7, 11) is -2.17. The number of carbonyl (C=O) groups is 1. The van der Waals surface area contributed by atoms with Crippen LogP contribution in [0.4, 0.5) is 10.1 Å². The van der Waals surface area contributed by atoms with E-state index in [-0.39, 0.29) is 46.1 Å². The number of halogens is 2. The number of sulfonamides is 1. The molecule has 0 saturated carbocycles. The Morgan fingerprint density at radius 1 is 1.19 bits per heavy atom. The maximum absolute atomic E-state index is 13.4. The lowest BCUT2D eigenvalue weighted by Gasteiger charge is -2.15. The molecule has 0 aliphatic carbocycles. The number of nitrogens with one attached hydrogen (secondary N) is 3. The van der Waals surface area contributed by atoms with Crippen LogP contribution in [0.1, 0.15) is 22.8 Å². The molecule has 0 saturated heterocycles. The molecule has 0 radical (unpaired) electrons. The second kappa shape index (κ2) is 9.68. The summed E-state index contributed by atoms with van der Waals surface area (Å²) in [6, 6.07) is 9.91. The highest BCUT2D eigenvalue weighted by atomic mass is 35.5. The third-order valence-corrected chi connectivity index (χ3v) is 5.28. The van der Waals surface area contributed by atoms with Crippen LogP contribution in [-0.2, 0) is 10.0 Å². The number of hydrogen-bond acceptors (Lipinski definition) is 4. The summed E-state index contributed by atoms with van der Waals surface area (Å²) in [5.74, 6) is -0.872. The number of hydrogen-bond donors (Lipinski definition) is 3. The topological polar surface area (TPSA) is 87.3 Å². The van der Waals surface area contributed by atoms with E-state index >= 15 is 0 Å². The number of aryl methyl sites for hydroxylation is 1. The number of anilines is 1. The van der Waals surface area contributed by atoms with Gasteiger partial charge in [0.15, 0.2) is 0 Å². The maximum Gasteiger partial charge on any atom is 0.261 e. The van der Waals surface area contributed by atoms with E-state index in [1.807, 2.05) is 6.92 Å². The van der Waals surface area contributed by atoms with Crippen molar-refractivity contribution in [3.63, 3.8) is 0 Å².